The summed E-state index contributed by atoms with van der Waals surface area (Å²) in [6.45, 7) is 1.03. The fourth-order valence-electron chi connectivity index (χ4n) is 2.96. The smallest absolute Gasteiger partial charge is 0.196 e. The van der Waals surface area contributed by atoms with Crippen molar-refractivity contribution >= 4 is 59.7 Å². The summed E-state index contributed by atoms with van der Waals surface area (Å²) in [6.07, 6.45) is 1.66. The third kappa shape index (κ3) is 2.63. The van der Waals surface area contributed by atoms with Gasteiger partial charge >= 0.3 is 0 Å². The number of nitrogens with one attached hydrogen (secondary N) is 1. The predicted octanol–water partition coefficient (Wildman–Crippen LogP) is 4.13. The summed E-state index contributed by atoms with van der Waals surface area (Å²) in [5.74, 6) is -0.527. The SMILES string of the molecule is NCCNc1cccc2ncc3sc4c(Cl)cc(F)cc4c(=O)c3c12. The van der Waals surface area contributed by atoms with Crippen LogP contribution in [0.15, 0.2) is 41.3 Å². The molecule has 0 fully saturated rings. The number of nitrogens with zero attached hydrogens (tertiary/aromatic N) is 1. The van der Waals surface area contributed by atoms with Gasteiger partial charge in [0.25, 0.3) is 0 Å². The second-order valence-electron chi connectivity index (χ2n) is 5.61. The quantitative estimate of drug-likeness (QED) is 0.418. The van der Waals surface area contributed by atoms with Gasteiger partial charge in [-0.25, -0.2) is 4.39 Å². The first kappa shape index (κ1) is 16.2. The molecule has 0 atom stereocenters. The zero-order valence-electron chi connectivity index (χ0n) is 13.0. The fourth-order valence-corrected chi connectivity index (χ4v) is 4.32. The van der Waals surface area contributed by atoms with Gasteiger partial charge in [0.15, 0.2) is 5.43 Å². The van der Waals surface area contributed by atoms with Crippen LogP contribution in [0.3, 0.4) is 0 Å². The maximum Gasteiger partial charge on any atom is 0.196 e. The lowest BCUT2D eigenvalue weighted by molar-refractivity contribution is 0.630. The third-order valence-corrected chi connectivity index (χ3v) is 5.60. The molecule has 25 heavy (non-hydrogen) atoms. The van der Waals surface area contributed by atoms with E-state index < -0.39 is 5.82 Å². The van der Waals surface area contributed by atoms with Crippen LogP contribution in [0.25, 0.3) is 31.1 Å². The van der Waals surface area contributed by atoms with Gasteiger partial charge in [-0.1, -0.05) is 17.7 Å². The fraction of sp³-hybridized carbons (Fsp3) is 0.111. The standard InChI is InChI=1S/C18H13ClFN3OS/c19-11-7-9(20)6-10-17(24)16-14(25-18(10)11)8-23-13-3-1-2-12(15(13)16)22-5-4-21/h1-3,6-8,22H,4-5,21H2. The molecule has 2 heterocycles. The van der Waals surface area contributed by atoms with Crippen LogP contribution in [0.2, 0.25) is 5.02 Å². The van der Waals surface area contributed by atoms with Crippen LogP contribution in [-0.4, -0.2) is 18.1 Å². The summed E-state index contributed by atoms with van der Waals surface area (Å²) in [7, 11) is 0. The van der Waals surface area contributed by atoms with Crippen molar-refractivity contribution in [2.75, 3.05) is 18.4 Å². The molecule has 0 bridgehead atoms. The zero-order chi connectivity index (χ0) is 17.6. The molecule has 0 saturated carbocycles. The maximum absolute atomic E-state index is 13.8. The number of anilines is 1. The lowest BCUT2D eigenvalue weighted by Crippen LogP contribution is -2.13. The number of benzene rings is 2. The van der Waals surface area contributed by atoms with Gasteiger partial charge in [0.1, 0.15) is 5.82 Å². The van der Waals surface area contributed by atoms with E-state index in [9.17, 15) is 9.18 Å². The molecule has 7 heteroatoms. The van der Waals surface area contributed by atoms with Crippen molar-refractivity contribution in [2.45, 2.75) is 0 Å². The van der Waals surface area contributed by atoms with E-state index in [-0.39, 0.29) is 15.8 Å². The van der Waals surface area contributed by atoms with Gasteiger partial charge in [-0.05, 0) is 24.3 Å². The highest BCUT2D eigenvalue weighted by atomic mass is 35.5. The molecule has 3 N–H and O–H groups in total. The highest BCUT2D eigenvalue weighted by Crippen LogP contribution is 2.35. The normalized spacial score (nSPS) is 11.5. The largest absolute Gasteiger partial charge is 0.383 e. The Labute approximate surface area is 151 Å². The molecule has 126 valence electrons. The molecule has 4 nitrogen and oxygen atoms in total. The maximum atomic E-state index is 13.8. The van der Waals surface area contributed by atoms with Gasteiger partial charge in [-0.15, -0.1) is 11.3 Å². The Morgan fingerprint density at radius 1 is 1.28 bits per heavy atom. The van der Waals surface area contributed by atoms with Crippen molar-refractivity contribution in [3.05, 3.63) is 57.6 Å². The summed E-state index contributed by atoms with van der Waals surface area (Å²) in [4.78, 5) is 17.6. The molecule has 0 amide bonds. The first-order valence-corrected chi connectivity index (χ1v) is 8.87. The Hall–Kier alpha value is -2.28. The summed E-state index contributed by atoms with van der Waals surface area (Å²) in [5.41, 5.74) is 6.81. The van der Waals surface area contributed by atoms with Crippen molar-refractivity contribution in [1.82, 2.24) is 4.98 Å². The van der Waals surface area contributed by atoms with E-state index in [4.69, 9.17) is 17.3 Å². The minimum Gasteiger partial charge on any atom is -0.383 e. The Balaban J connectivity index is 2.20. The van der Waals surface area contributed by atoms with Crippen molar-refractivity contribution in [1.29, 1.82) is 0 Å². The first-order chi connectivity index (χ1) is 12.1. The number of rotatable bonds is 3. The Morgan fingerprint density at radius 3 is 2.92 bits per heavy atom. The minimum atomic E-state index is -0.527. The summed E-state index contributed by atoms with van der Waals surface area (Å²) >= 11 is 7.47. The Morgan fingerprint density at radius 2 is 2.12 bits per heavy atom. The number of fused-ring (bicyclic) bond motifs is 4. The van der Waals surface area contributed by atoms with Crippen molar-refractivity contribution in [2.24, 2.45) is 5.73 Å². The number of pyridine rings is 1. The molecule has 0 aliphatic heterocycles. The van der Waals surface area contributed by atoms with E-state index in [1.807, 2.05) is 18.2 Å². The Kier molecular flexibility index (Phi) is 4.03. The van der Waals surface area contributed by atoms with Gasteiger partial charge in [0.2, 0.25) is 0 Å². The third-order valence-electron chi connectivity index (χ3n) is 4.01. The van der Waals surface area contributed by atoms with Crippen molar-refractivity contribution in [3.63, 3.8) is 0 Å². The van der Waals surface area contributed by atoms with Gasteiger partial charge in [0.05, 0.1) is 25.3 Å². The first-order valence-electron chi connectivity index (χ1n) is 7.67. The van der Waals surface area contributed by atoms with Crippen molar-refractivity contribution in [3.8, 4) is 0 Å². The van der Waals surface area contributed by atoms with Gasteiger partial charge < -0.3 is 11.1 Å². The molecular formula is C18H13ClFN3OS. The zero-order valence-corrected chi connectivity index (χ0v) is 14.5. The Bertz CT molecular complexity index is 1190. The van der Waals surface area contributed by atoms with Crippen LogP contribution in [0.5, 0.6) is 0 Å². The average molecular weight is 374 g/mol. The number of nitrogens with two attached hydrogens (primary N) is 1. The van der Waals surface area contributed by atoms with Crippen molar-refractivity contribution < 1.29 is 4.39 Å². The van der Waals surface area contributed by atoms with Gasteiger partial charge in [-0.3, -0.25) is 9.78 Å². The number of halogens is 2. The molecule has 0 saturated heterocycles. The lowest BCUT2D eigenvalue weighted by atomic mass is 10.1. The molecule has 0 aliphatic carbocycles. The topological polar surface area (TPSA) is 68.0 Å². The molecular weight excluding hydrogens is 361 g/mol. The second kappa shape index (κ2) is 6.22. The van der Waals surface area contributed by atoms with Gasteiger partial charge in [0, 0.05) is 35.7 Å². The summed E-state index contributed by atoms with van der Waals surface area (Å²) in [6, 6.07) is 8.04. The molecule has 0 aliphatic rings. The van der Waals surface area contributed by atoms with E-state index in [2.05, 4.69) is 10.3 Å². The van der Waals surface area contributed by atoms with E-state index in [0.717, 1.165) is 11.1 Å². The molecule has 4 aromatic rings. The molecule has 2 aromatic carbocycles. The average Bonchev–Trinajstić information content (AvgIpc) is 2.60. The monoisotopic (exact) mass is 373 g/mol. The summed E-state index contributed by atoms with van der Waals surface area (Å²) in [5, 5.41) is 4.98. The van der Waals surface area contributed by atoms with Crippen LogP contribution < -0.4 is 16.5 Å². The predicted molar refractivity (Wildman–Crippen MR) is 103 cm³/mol. The van der Waals surface area contributed by atoms with E-state index in [1.165, 1.54) is 23.5 Å². The summed E-state index contributed by atoms with van der Waals surface area (Å²) < 4.78 is 15.1. The molecule has 0 radical (unpaired) electrons. The van der Waals surface area contributed by atoms with Crippen LogP contribution >= 0.6 is 22.9 Å². The van der Waals surface area contributed by atoms with E-state index in [0.29, 0.717) is 33.4 Å². The molecule has 0 unspecified atom stereocenters. The number of aromatic nitrogens is 1. The number of hydrogen-bond acceptors (Lipinski definition) is 5. The lowest BCUT2D eigenvalue weighted by Gasteiger charge is -2.11. The van der Waals surface area contributed by atoms with E-state index in [1.54, 1.807) is 6.20 Å². The van der Waals surface area contributed by atoms with Crippen LogP contribution in [0.4, 0.5) is 10.1 Å². The molecule has 4 rings (SSSR count). The van der Waals surface area contributed by atoms with Crippen LogP contribution in [0, 0.1) is 5.82 Å². The van der Waals surface area contributed by atoms with Crippen LogP contribution in [-0.2, 0) is 0 Å². The molecule has 0 spiro atoms. The van der Waals surface area contributed by atoms with E-state index >= 15 is 0 Å². The molecule has 2 aromatic heterocycles. The highest BCUT2D eigenvalue weighted by Gasteiger charge is 2.15. The van der Waals surface area contributed by atoms with Gasteiger partial charge in [-0.2, -0.15) is 0 Å². The van der Waals surface area contributed by atoms with Crippen LogP contribution in [0.1, 0.15) is 0 Å². The highest BCUT2D eigenvalue weighted by molar-refractivity contribution is 7.25. The number of hydrogen-bond donors (Lipinski definition) is 2. The second-order valence-corrected chi connectivity index (χ2v) is 7.07. The minimum absolute atomic E-state index is 0.230.